The number of halogens is 1. The van der Waals surface area contributed by atoms with E-state index in [4.69, 9.17) is 5.11 Å². The van der Waals surface area contributed by atoms with Crippen LogP contribution in [0.3, 0.4) is 0 Å². The van der Waals surface area contributed by atoms with Crippen molar-refractivity contribution < 1.29 is 23.1 Å². The molecule has 0 bridgehead atoms. The summed E-state index contributed by atoms with van der Waals surface area (Å²) in [5.41, 5.74) is 0.105. The van der Waals surface area contributed by atoms with Gasteiger partial charge >= 0.3 is 11.9 Å². The maximum Gasteiger partial charge on any atom is 0.394 e. The van der Waals surface area contributed by atoms with Crippen LogP contribution in [0.5, 0.6) is 0 Å². The molecule has 0 aliphatic carbocycles. The summed E-state index contributed by atoms with van der Waals surface area (Å²) in [6, 6.07) is 4.36. The number of carbonyl (C=O) groups is 2. The number of nitrogens with zero attached hydrogens (tertiary/aromatic N) is 1. The molecule has 19 heavy (non-hydrogen) atoms. The summed E-state index contributed by atoms with van der Waals surface area (Å²) < 4.78 is 24.9. The number of carbonyl (C=O) groups excluding carboxylic acids is 1. The Labute approximate surface area is 118 Å². The van der Waals surface area contributed by atoms with Crippen LogP contribution in [0.4, 0.5) is 5.69 Å². The monoisotopic (exact) mass is 347 g/mol. The van der Waals surface area contributed by atoms with Gasteiger partial charge in [-0.2, -0.15) is 0 Å². The first-order chi connectivity index (χ1) is 8.75. The second-order valence-electron chi connectivity index (χ2n) is 4.19. The van der Waals surface area contributed by atoms with Crippen molar-refractivity contribution in [3.8, 4) is 0 Å². The predicted molar refractivity (Wildman–Crippen MR) is 70.8 cm³/mol. The summed E-state index contributed by atoms with van der Waals surface area (Å²) in [6.07, 6.45) is 0. The van der Waals surface area contributed by atoms with Gasteiger partial charge in [0.1, 0.15) is 0 Å². The summed E-state index contributed by atoms with van der Waals surface area (Å²) in [5.74, 6) is -2.74. The molecule has 0 radical (unpaired) electrons. The van der Waals surface area contributed by atoms with Gasteiger partial charge in [-0.1, -0.05) is 15.9 Å². The number of carboxylic acids is 1. The molecule has 1 atom stereocenters. The minimum Gasteiger partial charge on any atom is -0.474 e. The van der Waals surface area contributed by atoms with Crippen molar-refractivity contribution in [2.75, 3.05) is 11.4 Å². The molecule has 1 N–H and O–H groups in total. The second-order valence-corrected chi connectivity index (χ2v) is 7.44. The molecule has 8 heteroatoms. The minimum atomic E-state index is -3.55. The zero-order valence-electron chi connectivity index (χ0n) is 9.83. The van der Waals surface area contributed by atoms with E-state index >= 15 is 0 Å². The number of sulfone groups is 1. The molecule has 0 saturated carbocycles. The molecule has 1 unspecified atom stereocenters. The largest absolute Gasteiger partial charge is 0.474 e. The molecule has 1 amide bonds. The van der Waals surface area contributed by atoms with Gasteiger partial charge < -0.3 is 10.0 Å². The van der Waals surface area contributed by atoms with Crippen molar-refractivity contribution in [3.05, 3.63) is 22.7 Å². The molecule has 1 heterocycles. The van der Waals surface area contributed by atoms with Crippen molar-refractivity contribution in [1.29, 1.82) is 0 Å². The number of hydrogen-bond acceptors (Lipinski definition) is 4. The average molecular weight is 348 g/mol. The van der Waals surface area contributed by atoms with Crippen LogP contribution in [-0.4, -0.2) is 37.2 Å². The number of hydrogen-bond donors (Lipinski definition) is 1. The van der Waals surface area contributed by atoms with Gasteiger partial charge in [-0.15, -0.1) is 0 Å². The summed E-state index contributed by atoms with van der Waals surface area (Å²) in [5, 5.41) is 7.93. The topological polar surface area (TPSA) is 91.8 Å². The summed E-state index contributed by atoms with van der Waals surface area (Å²) >= 11 is 3.16. The first kappa shape index (κ1) is 14.0. The lowest BCUT2D eigenvalue weighted by Crippen LogP contribution is -2.46. The number of fused-ring (bicyclic) bond motifs is 1. The number of amides is 1. The molecular weight excluding hydrogens is 338 g/mol. The van der Waals surface area contributed by atoms with Crippen LogP contribution in [0.1, 0.15) is 6.92 Å². The van der Waals surface area contributed by atoms with E-state index in [9.17, 15) is 18.0 Å². The van der Waals surface area contributed by atoms with Crippen LogP contribution in [0.2, 0.25) is 0 Å². The third kappa shape index (κ3) is 2.25. The van der Waals surface area contributed by atoms with Gasteiger partial charge in [-0.3, -0.25) is 4.79 Å². The molecule has 6 nitrogen and oxygen atoms in total. The number of carboxylic acid groups (broad SMARTS) is 1. The van der Waals surface area contributed by atoms with Gasteiger partial charge in [0.05, 0.1) is 15.8 Å². The van der Waals surface area contributed by atoms with Crippen molar-refractivity contribution in [3.63, 3.8) is 0 Å². The van der Waals surface area contributed by atoms with E-state index in [0.717, 1.165) is 4.90 Å². The van der Waals surface area contributed by atoms with Crippen LogP contribution in [-0.2, 0) is 19.4 Å². The molecule has 2 rings (SSSR count). The lowest BCUT2D eigenvalue weighted by molar-refractivity contribution is -0.148. The Hall–Kier alpha value is -1.41. The molecule has 102 valence electrons. The molecule has 1 aromatic carbocycles. The van der Waals surface area contributed by atoms with E-state index in [-0.39, 0.29) is 17.1 Å². The summed E-state index contributed by atoms with van der Waals surface area (Å²) in [6.45, 7) is 1.28. The first-order valence-electron chi connectivity index (χ1n) is 5.33. The van der Waals surface area contributed by atoms with Gasteiger partial charge in [0.15, 0.2) is 9.84 Å². The Morgan fingerprint density at radius 1 is 1.42 bits per heavy atom. The Kier molecular flexibility index (Phi) is 3.40. The normalized spacial score (nSPS) is 20.7. The van der Waals surface area contributed by atoms with Crippen molar-refractivity contribution >= 4 is 43.3 Å². The van der Waals surface area contributed by atoms with Gasteiger partial charge in [-0.25, -0.2) is 13.2 Å². The van der Waals surface area contributed by atoms with Crippen molar-refractivity contribution in [2.45, 2.75) is 17.1 Å². The molecule has 0 aromatic heterocycles. The fourth-order valence-electron chi connectivity index (χ4n) is 1.92. The number of aliphatic carboxylic acids is 1. The van der Waals surface area contributed by atoms with E-state index in [1.54, 1.807) is 6.07 Å². The van der Waals surface area contributed by atoms with E-state index < -0.39 is 27.0 Å². The zero-order chi connectivity index (χ0) is 14.4. The highest BCUT2D eigenvalue weighted by molar-refractivity contribution is 9.10. The third-order valence-electron chi connectivity index (χ3n) is 2.92. The molecular formula is C11H10BrNO5S. The van der Waals surface area contributed by atoms with Crippen LogP contribution in [0, 0.1) is 0 Å². The highest BCUT2D eigenvalue weighted by Gasteiger charge is 2.38. The molecule has 1 aliphatic heterocycles. The van der Waals surface area contributed by atoms with Crippen molar-refractivity contribution in [1.82, 2.24) is 0 Å². The highest BCUT2D eigenvalue weighted by Crippen LogP contribution is 2.35. The Morgan fingerprint density at radius 2 is 2.05 bits per heavy atom. The van der Waals surface area contributed by atoms with E-state index in [1.165, 1.54) is 19.1 Å². The summed E-state index contributed by atoms with van der Waals surface area (Å²) in [7, 11) is -3.55. The van der Waals surface area contributed by atoms with Crippen LogP contribution >= 0.6 is 15.9 Å². The maximum absolute atomic E-state index is 12.2. The fourth-order valence-corrected chi connectivity index (χ4v) is 3.97. The standard InChI is InChI=1S/C11H10BrNO5S/c1-6-5-13(10(14)11(15)16)8-3-2-7(12)4-9(8)19(6,17)18/h2-4,6H,5H2,1H3,(H,15,16). The van der Waals surface area contributed by atoms with Gasteiger partial charge in [0.2, 0.25) is 0 Å². The fraction of sp³-hybridized carbons (Fsp3) is 0.273. The second kappa shape index (κ2) is 4.61. The minimum absolute atomic E-state index is 0.0322. The van der Waals surface area contributed by atoms with E-state index in [0.29, 0.717) is 4.47 Å². The Bertz CT molecular complexity index is 670. The quantitative estimate of drug-likeness (QED) is 0.708. The van der Waals surface area contributed by atoms with Gasteiger partial charge in [0.25, 0.3) is 0 Å². The lowest BCUT2D eigenvalue weighted by atomic mass is 10.2. The average Bonchev–Trinajstić information content (AvgIpc) is 2.33. The molecule has 0 fully saturated rings. The van der Waals surface area contributed by atoms with Gasteiger partial charge in [0, 0.05) is 11.0 Å². The molecule has 0 saturated heterocycles. The SMILES string of the molecule is CC1CN(C(=O)C(=O)O)c2ccc(Br)cc2S1(=O)=O. The zero-order valence-corrected chi connectivity index (χ0v) is 12.2. The maximum atomic E-state index is 12.2. The highest BCUT2D eigenvalue weighted by atomic mass is 79.9. The molecule has 1 aliphatic rings. The molecule has 1 aromatic rings. The van der Waals surface area contributed by atoms with E-state index in [1.807, 2.05) is 0 Å². The predicted octanol–water partition coefficient (Wildman–Crippen LogP) is 1.04. The number of benzene rings is 1. The third-order valence-corrected chi connectivity index (χ3v) is 5.56. The van der Waals surface area contributed by atoms with Crippen LogP contribution in [0.15, 0.2) is 27.6 Å². The Morgan fingerprint density at radius 3 is 2.63 bits per heavy atom. The van der Waals surface area contributed by atoms with Crippen molar-refractivity contribution in [2.24, 2.45) is 0 Å². The van der Waals surface area contributed by atoms with Crippen LogP contribution in [0.25, 0.3) is 0 Å². The lowest BCUT2D eigenvalue weighted by Gasteiger charge is -2.31. The number of rotatable bonds is 0. The first-order valence-corrected chi connectivity index (χ1v) is 7.67. The van der Waals surface area contributed by atoms with Gasteiger partial charge in [-0.05, 0) is 25.1 Å². The Balaban J connectivity index is 2.67. The molecule has 0 spiro atoms. The van der Waals surface area contributed by atoms with Crippen LogP contribution < -0.4 is 4.90 Å². The van der Waals surface area contributed by atoms with E-state index in [2.05, 4.69) is 15.9 Å². The summed E-state index contributed by atoms with van der Waals surface area (Å²) in [4.78, 5) is 23.4. The number of anilines is 1. The smallest absolute Gasteiger partial charge is 0.394 e.